The average molecular weight is 516 g/mol. The lowest BCUT2D eigenvalue weighted by atomic mass is 10.0. The summed E-state index contributed by atoms with van der Waals surface area (Å²) in [4.78, 5) is 4.64. The number of ether oxygens (including phenoxy) is 1. The molecule has 0 radical (unpaired) electrons. The van der Waals surface area contributed by atoms with Gasteiger partial charge in [-0.3, -0.25) is 0 Å². The topological polar surface area (TPSA) is 114 Å². The molecule has 3 aromatic carbocycles. The van der Waals surface area contributed by atoms with Crippen molar-refractivity contribution in [2.75, 3.05) is 13.2 Å². The molecule has 188 valence electrons. The van der Waals surface area contributed by atoms with E-state index in [1.54, 1.807) is 36.4 Å². The van der Waals surface area contributed by atoms with Gasteiger partial charge in [-0.25, -0.2) is 18.1 Å². The fourth-order valence-electron chi connectivity index (χ4n) is 4.59. The number of aliphatic hydroxyl groups is 2. The first-order valence-corrected chi connectivity index (χ1v) is 12.7. The lowest BCUT2D eigenvalue weighted by Gasteiger charge is -2.19. The van der Waals surface area contributed by atoms with Gasteiger partial charge in [0.05, 0.1) is 28.6 Å². The second-order valence-corrected chi connectivity index (χ2v) is 10.1. The first kappa shape index (κ1) is 24.3. The summed E-state index contributed by atoms with van der Waals surface area (Å²) in [5.74, 6) is 0.484. The van der Waals surface area contributed by atoms with Crippen LogP contribution in [-0.4, -0.2) is 47.9 Å². The standard InChI is InChI=1S/C25H23F2N3O5S/c26-25(27)35-23-4-2-1-3-18(23)20-14-22(32)24-29-19-10-7-16(13-21(19)30(20)24)15-5-8-17(9-6-15)36(33,34)28-11-12-31/h1-10,13,20,22,25,28,31-32H,11-12,14H2. The molecule has 0 spiro atoms. The van der Waals surface area contributed by atoms with E-state index < -0.39 is 28.8 Å². The molecule has 1 aromatic heterocycles. The molecule has 2 atom stereocenters. The van der Waals surface area contributed by atoms with E-state index in [4.69, 9.17) is 9.84 Å². The van der Waals surface area contributed by atoms with Crippen LogP contribution in [0.4, 0.5) is 8.78 Å². The van der Waals surface area contributed by atoms with Crippen molar-refractivity contribution in [2.45, 2.75) is 30.1 Å². The third-order valence-electron chi connectivity index (χ3n) is 6.17. The van der Waals surface area contributed by atoms with Gasteiger partial charge in [-0.1, -0.05) is 36.4 Å². The Bertz CT molecular complexity index is 1510. The second-order valence-electron chi connectivity index (χ2n) is 8.37. The van der Waals surface area contributed by atoms with Gasteiger partial charge in [0.2, 0.25) is 10.0 Å². The summed E-state index contributed by atoms with van der Waals surface area (Å²) >= 11 is 0. The molecule has 36 heavy (non-hydrogen) atoms. The maximum atomic E-state index is 13.0. The molecular weight excluding hydrogens is 492 g/mol. The Hall–Kier alpha value is -3.38. The molecule has 4 aromatic rings. The van der Waals surface area contributed by atoms with Crippen LogP contribution in [0.1, 0.15) is 30.0 Å². The smallest absolute Gasteiger partial charge is 0.387 e. The quantitative estimate of drug-likeness (QED) is 0.331. The van der Waals surface area contributed by atoms with Crippen molar-refractivity contribution in [2.24, 2.45) is 0 Å². The van der Waals surface area contributed by atoms with Gasteiger partial charge in [0.15, 0.2) is 0 Å². The van der Waals surface area contributed by atoms with E-state index in [1.165, 1.54) is 18.2 Å². The van der Waals surface area contributed by atoms with Crippen molar-refractivity contribution in [1.29, 1.82) is 0 Å². The van der Waals surface area contributed by atoms with Crippen molar-refractivity contribution in [1.82, 2.24) is 14.3 Å². The van der Waals surface area contributed by atoms with Crippen LogP contribution in [0.5, 0.6) is 5.75 Å². The minimum atomic E-state index is -3.73. The summed E-state index contributed by atoms with van der Waals surface area (Å²) in [5.41, 5.74) is 3.40. The van der Waals surface area contributed by atoms with Gasteiger partial charge in [0.25, 0.3) is 0 Å². The van der Waals surface area contributed by atoms with Gasteiger partial charge in [-0.05, 0) is 41.5 Å². The Labute approximate surface area is 205 Å². The summed E-state index contributed by atoms with van der Waals surface area (Å²) in [6, 6.07) is 17.9. The van der Waals surface area contributed by atoms with Crippen molar-refractivity contribution in [3.63, 3.8) is 0 Å². The van der Waals surface area contributed by atoms with E-state index in [2.05, 4.69) is 9.71 Å². The molecule has 11 heteroatoms. The van der Waals surface area contributed by atoms with E-state index in [0.717, 1.165) is 11.1 Å². The molecule has 1 aliphatic rings. The molecule has 1 aliphatic heterocycles. The summed E-state index contributed by atoms with van der Waals surface area (Å²) in [7, 11) is -3.73. The number of nitrogens with one attached hydrogen (secondary N) is 1. The third-order valence-corrected chi connectivity index (χ3v) is 7.65. The summed E-state index contributed by atoms with van der Waals surface area (Å²) in [5, 5.41) is 19.6. The Morgan fingerprint density at radius 2 is 1.81 bits per heavy atom. The Balaban J connectivity index is 1.54. The summed E-state index contributed by atoms with van der Waals surface area (Å²) in [6.07, 6.45) is -0.610. The minimum absolute atomic E-state index is 0.0437. The number of halogens is 2. The van der Waals surface area contributed by atoms with Crippen LogP contribution in [-0.2, 0) is 10.0 Å². The zero-order chi connectivity index (χ0) is 25.4. The first-order valence-electron chi connectivity index (χ1n) is 11.2. The lowest BCUT2D eigenvalue weighted by molar-refractivity contribution is -0.0507. The Morgan fingerprint density at radius 3 is 2.53 bits per heavy atom. The van der Waals surface area contributed by atoms with Crippen LogP contribution in [0, 0.1) is 0 Å². The summed E-state index contributed by atoms with van der Waals surface area (Å²) < 4.78 is 59.5. The SMILES string of the molecule is O=S(=O)(NCCO)c1ccc(-c2ccc3nc4n(c3c2)C(c2ccccc2OC(F)F)CC4O)cc1. The highest BCUT2D eigenvalue weighted by molar-refractivity contribution is 7.89. The highest BCUT2D eigenvalue weighted by atomic mass is 32.2. The number of aliphatic hydroxyl groups excluding tert-OH is 2. The molecule has 0 amide bonds. The number of alkyl halides is 2. The number of imidazole rings is 1. The zero-order valence-corrected chi connectivity index (χ0v) is 19.7. The molecular formula is C25H23F2N3O5S. The van der Waals surface area contributed by atoms with Gasteiger partial charge in [0, 0.05) is 18.5 Å². The van der Waals surface area contributed by atoms with Crippen molar-refractivity contribution in [3.05, 3.63) is 78.1 Å². The fraction of sp³-hybridized carbons (Fsp3) is 0.240. The minimum Gasteiger partial charge on any atom is -0.434 e. The van der Waals surface area contributed by atoms with Crippen molar-refractivity contribution in [3.8, 4) is 16.9 Å². The van der Waals surface area contributed by atoms with Crippen LogP contribution in [0.25, 0.3) is 22.2 Å². The number of rotatable bonds is 8. The second kappa shape index (κ2) is 9.58. The number of hydrogen-bond acceptors (Lipinski definition) is 6. The van der Waals surface area contributed by atoms with Crippen LogP contribution in [0.3, 0.4) is 0 Å². The maximum Gasteiger partial charge on any atom is 0.387 e. The van der Waals surface area contributed by atoms with E-state index in [0.29, 0.717) is 22.4 Å². The first-order chi connectivity index (χ1) is 17.3. The van der Waals surface area contributed by atoms with Gasteiger partial charge < -0.3 is 19.5 Å². The number of sulfonamides is 1. The number of aromatic nitrogens is 2. The highest BCUT2D eigenvalue weighted by Gasteiger charge is 2.35. The van der Waals surface area contributed by atoms with Gasteiger partial charge in [-0.2, -0.15) is 8.78 Å². The number of para-hydroxylation sites is 1. The third kappa shape index (κ3) is 4.46. The molecule has 0 aliphatic carbocycles. The average Bonchev–Trinajstić information content (AvgIpc) is 3.40. The van der Waals surface area contributed by atoms with Crippen molar-refractivity contribution < 1.29 is 32.1 Å². The predicted octanol–water partition coefficient (Wildman–Crippen LogP) is 3.60. The van der Waals surface area contributed by atoms with Gasteiger partial charge >= 0.3 is 6.61 Å². The molecule has 0 fully saturated rings. The number of fused-ring (bicyclic) bond motifs is 3. The highest BCUT2D eigenvalue weighted by Crippen LogP contribution is 2.44. The summed E-state index contributed by atoms with van der Waals surface area (Å²) in [6.45, 7) is -3.36. The molecule has 0 saturated heterocycles. The fourth-order valence-corrected chi connectivity index (χ4v) is 5.61. The largest absolute Gasteiger partial charge is 0.434 e. The Kier molecular flexibility index (Phi) is 6.47. The van der Waals surface area contributed by atoms with Crippen molar-refractivity contribution >= 4 is 21.1 Å². The molecule has 2 unspecified atom stereocenters. The lowest BCUT2D eigenvalue weighted by Crippen LogP contribution is -2.26. The molecule has 0 saturated carbocycles. The maximum absolute atomic E-state index is 13.0. The Morgan fingerprint density at radius 1 is 1.08 bits per heavy atom. The zero-order valence-electron chi connectivity index (χ0n) is 18.9. The van der Waals surface area contributed by atoms with E-state index in [1.807, 2.05) is 16.7 Å². The molecule has 2 heterocycles. The van der Waals surface area contributed by atoms with Crippen LogP contribution < -0.4 is 9.46 Å². The van der Waals surface area contributed by atoms with Gasteiger partial charge in [0.1, 0.15) is 17.7 Å². The van der Waals surface area contributed by atoms with Crippen LogP contribution in [0.15, 0.2) is 71.6 Å². The van der Waals surface area contributed by atoms with Crippen LogP contribution >= 0.6 is 0 Å². The number of hydrogen-bond donors (Lipinski definition) is 3. The monoisotopic (exact) mass is 515 g/mol. The number of nitrogens with zero attached hydrogens (tertiary/aromatic N) is 2. The molecule has 5 rings (SSSR count). The molecule has 3 N–H and O–H groups in total. The van der Waals surface area contributed by atoms with Gasteiger partial charge in [-0.15, -0.1) is 0 Å². The predicted molar refractivity (Wildman–Crippen MR) is 128 cm³/mol. The molecule has 8 nitrogen and oxygen atoms in total. The van der Waals surface area contributed by atoms with E-state index in [-0.39, 0.29) is 30.2 Å². The number of benzene rings is 3. The van der Waals surface area contributed by atoms with E-state index in [9.17, 15) is 22.3 Å². The molecule has 0 bridgehead atoms. The van der Waals surface area contributed by atoms with Crippen LogP contribution in [0.2, 0.25) is 0 Å². The normalized spacial score (nSPS) is 17.6. The van der Waals surface area contributed by atoms with E-state index >= 15 is 0 Å².